The summed E-state index contributed by atoms with van der Waals surface area (Å²) in [5.41, 5.74) is 3.14. The minimum Gasteiger partial charge on any atom is -0.550 e. The number of fused-ring (bicyclic) bond motifs is 4. The Morgan fingerprint density at radius 3 is 2.72 bits per heavy atom. The number of piperidine rings is 1. The molecule has 7 nitrogen and oxygen atoms in total. The van der Waals surface area contributed by atoms with E-state index in [9.17, 15) is 24.8 Å². The van der Waals surface area contributed by atoms with Crippen LogP contribution in [0.1, 0.15) is 36.4 Å². The number of carboxylic acid groups (broad SMARTS) is 1. The Morgan fingerprint density at radius 1 is 1.14 bits per heavy atom. The Balaban J connectivity index is 1.71. The van der Waals surface area contributed by atoms with Crippen molar-refractivity contribution in [2.75, 3.05) is 13.1 Å². The monoisotopic (exact) mass is 390 g/mol. The lowest BCUT2D eigenvalue weighted by atomic mass is 9.80. The molecule has 3 heterocycles. The molecule has 148 valence electrons. The number of likely N-dealkylation sites (tertiary alicyclic amines) is 1. The number of pyridine rings is 1. The summed E-state index contributed by atoms with van der Waals surface area (Å²) >= 11 is 0. The summed E-state index contributed by atoms with van der Waals surface area (Å²) in [6.45, 7) is 1.51. The van der Waals surface area contributed by atoms with Gasteiger partial charge in [-0.15, -0.1) is 0 Å². The number of nitriles is 1. The number of hydrogen-bond acceptors (Lipinski definition) is 5. The van der Waals surface area contributed by atoms with Crippen LogP contribution < -0.4 is 10.7 Å². The van der Waals surface area contributed by atoms with Gasteiger partial charge >= 0.3 is 0 Å². The first-order chi connectivity index (χ1) is 14.0. The van der Waals surface area contributed by atoms with Gasteiger partial charge in [-0.25, -0.2) is 0 Å². The molecule has 2 atom stereocenters. The maximum Gasteiger partial charge on any atom is 0.250 e. The van der Waals surface area contributed by atoms with Gasteiger partial charge in [-0.3, -0.25) is 9.59 Å². The molecule has 2 aliphatic rings. The van der Waals surface area contributed by atoms with Gasteiger partial charge in [-0.1, -0.05) is 12.1 Å². The number of carbonyl (C=O) groups is 2. The number of carbonyl (C=O) groups excluding carboxylic acids is 2. The third kappa shape index (κ3) is 3.66. The lowest BCUT2D eigenvalue weighted by Crippen LogP contribution is -2.49. The minimum atomic E-state index is -1.23. The molecule has 0 aliphatic carbocycles. The normalized spacial score (nSPS) is 19.9. The molecule has 2 aliphatic heterocycles. The molecular weight excluding hydrogens is 370 g/mol. The van der Waals surface area contributed by atoms with Gasteiger partial charge in [0.25, 0.3) is 5.56 Å². The van der Waals surface area contributed by atoms with E-state index >= 15 is 0 Å². The highest BCUT2D eigenvalue weighted by molar-refractivity contribution is 5.80. The van der Waals surface area contributed by atoms with Gasteiger partial charge in [-0.2, -0.15) is 5.26 Å². The maximum absolute atomic E-state index is 12.6. The largest absolute Gasteiger partial charge is 0.550 e. The Hall–Kier alpha value is -3.40. The quantitative estimate of drug-likeness (QED) is 0.770. The predicted molar refractivity (Wildman–Crippen MR) is 103 cm³/mol. The second-order valence-electron chi connectivity index (χ2n) is 7.74. The Labute approximate surface area is 167 Å². The van der Waals surface area contributed by atoms with Crippen LogP contribution in [0.5, 0.6) is 0 Å². The van der Waals surface area contributed by atoms with Crippen LogP contribution in [0.2, 0.25) is 0 Å². The van der Waals surface area contributed by atoms with Crippen molar-refractivity contribution < 1.29 is 14.7 Å². The average molecular weight is 390 g/mol. The van der Waals surface area contributed by atoms with E-state index in [1.807, 2.05) is 12.1 Å². The number of carboxylic acids is 1. The first-order valence-electron chi connectivity index (χ1n) is 9.68. The summed E-state index contributed by atoms with van der Waals surface area (Å²) in [6.07, 6.45) is 0.520. The van der Waals surface area contributed by atoms with E-state index in [1.165, 1.54) is 0 Å². The summed E-state index contributed by atoms with van der Waals surface area (Å²) in [6, 6.07) is 12.8. The van der Waals surface area contributed by atoms with Gasteiger partial charge in [0.05, 0.1) is 11.6 Å². The van der Waals surface area contributed by atoms with Crippen molar-refractivity contribution >= 4 is 11.9 Å². The smallest absolute Gasteiger partial charge is 0.250 e. The molecule has 2 bridgehead atoms. The second kappa shape index (κ2) is 7.55. The van der Waals surface area contributed by atoms with Crippen LogP contribution >= 0.6 is 0 Å². The van der Waals surface area contributed by atoms with Crippen molar-refractivity contribution in [2.45, 2.75) is 31.7 Å². The first-order valence-corrected chi connectivity index (χ1v) is 9.68. The Kier molecular flexibility index (Phi) is 4.93. The zero-order chi connectivity index (χ0) is 20.5. The van der Waals surface area contributed by atoms with Gasteiger partial charge in [0.15, 0.2) is 0 Å². The van der Waals surface area contributed by atoms with Gasteiger partial charge in [0.2, 0.25) is 5.91 Å². The van der Waals surface area contributed by atoms with E-state index in [1.54, 1.807) is 33.7 Å². The molecule has 0 N–H and O–H groups in total. The van der Waals surface area contributed by atoms with E-state index in [4.69, 9.17) is 0 Å². The molecule has 4 rings (SSSR count). The van der Waals surface area contributed by atoms with Crippen molar-refractivity contribution in [3.05, 3.63) is 58.0 Å². The molecule has 0 spiro atoms. The van der Waals surface area contributed by atoms with Gasteiger partial charge in [-0.05, 0) is 42.5 Å². The van der Waals surface area contributed by atoms with E-state index in [2.05, 4.69) is 6.07 Å². The highest BCUT2D eigenvalue weighted by atomic mass is 16.4. The molecule has 0 radical (unpaired) electrons. The van der Waals surface area contributed by atoms with Crippen LogP contribution in [0.25, 0.3) is 11.1 Å². The van der Waals surface area contributed by atoms with Crippen molar-refractivity contribution in [2.24, 2.45) is 5.92 Å². The van der Waals surface area contributed by atoms with Crippen molar-refractivity contribution in [3.8, 4) is 17.2 Å². The van der Waals surface area contributed by atoms with Gasteiger partial charge in [0.1, 0.15) is 0 Å². The zero-order valence-corrected chi connectivity index (χ0v) is 15.8. The second-order valence-corrected chi connectivity index (χ2v) is 7.74. The molecule has 7 heteroatoms. The fourth-order valence-corrected chi connectivity index (χ4v) is 4.59. The molecule has 1 aromatic heterocycles. The lowest BCUT2D eigenvalue weighted by Gasteiger charge is -2.43. The molecule has 1 saturated heterocycles. The molecule has 0 saturated carbocycles. The SMILES string of the molecule is N#Cc1cccc(-c2ccc(=O)n3c2[C@@H]2C[C@@H](CN(C(=O)CCC(=O)[O-])C2)C3)c1. The minimum absolute atomic E-state index is 0.0101. The summed E-state index contributed by atoms with van der Waals surface area (Å²) in [5, 5.41) is 19.9. The molecule has 1 amide bonds. The number of benzene rings is 1. The van der Waals surface area contributed by atoms with E-state index in [0.717, 1.165) is 23.2 Å². The fourth-order valence-electron chi connectivity index (χ4n) is 4.59. The standard InChI is InChI=1S/C22H21N3O4/c23-10-14-2-1-3-16(8-14)18-4-5-20(27)25-12-15-9-17(22(18)25)13-24(11-15)19(26)6-7-21(28)29/h1-5,8,15,17H,6-7,9,11-13H2,(H,28,29)/p-1/t15-,17+/m0/s1. The van der Waals surface area contributed by atoms with Crippen LogP contribution in [-0.2, 0) is 16.1 Å². The number of aliphatic carboxylic acids is 1. The molecule has 1 aromatic carbocycles. The maximum atomic E-state index is 12.6. The summed E-state index contributed by atoms with van der Waals surface area (Å²) in [5.74, 6) is -1.27. The highest BCUT2D eigenvalue weighted by Gasteiger charge is 2.37. The number of aromatic nitrogens is 1. The van der Waals surface area contributed by atoms with Crippen LogP contribution in [0, 0.1) is 17.2 Å². The number of nitrogens with zero attached hydrogens (tertiary/aromatic N) is 3. The van der Waals surface area contributed by atoms with Crippen LogP contribution in [0.3, 0.4) is 0 Å². The number of rotatable bonds is 4. The first kappa shape index (κ1) is 18.9. The molecule has 1 fully saturated rings. The highest BCUT2D eigenvalue weighted by Crippen LogP contribution is 2.40. The Bertz CT molecular complexity index is 1080. The lowest BCUT2D eigenvalue weighted by molar-refractivity contribution is -0.305. The van der Waals surface area contributed by atoms with Crippen LogP contribution in [-0.4, -0.2) is 34.4 Å². The number of amides is 1. The third-order valence-electron chi connectivity index (χ3n) is 5.79. The fraction of sp³-hybridized carbons (Fsp3) is 0.364. The topological polar surface area (TPSA) is 106 Å². The summed E-state index contributed by atoms with van der Waals surface area (Å²) in [4.78, 5) is 37.4. The van der Waals surface area contributed by atoms with Crippen molar-refractivity contribution in [3.63, 3.8) is 0 Å². The number of hydrogen-bond donors (Lipinski definition) is 0. The zero-order valence-electron chi connectivity index (χ0n) is 15.8. The third-order valence-corrected chi connectivity index (χ3v) is 5.79. The Morgan fingerprint density at radius 2 is 1.97 bits per heavy atom. The average Bonchev–Trinajstić information content (AvgIpc) is 2.72. The van der Waals surface area contributed by atoms with Gasteiger partial charge < -0.3 is 19.4 Å². The molecule has 2 aromatic rings. The molecule has 0 unspecified atom stereocenters. The van der Waals surface area contributed by atoms with E-state index in [-0.39, 0.29) is 36.1 Å². The summed E-state index contributed by atoms with van der Waals surface area (Å²) in [7, 11) is 0. The van der Waals surface area contributed by atoms with Crippen LogP contribution in [0.4, 0.5) is 0 Å². The van der Waals surface area contributed by atoms with Gasteiger partial charge in [0, 0.05) is 55.3 Å². The molecule has 29 heavy (non-hydrogen) atoms. The van der Waals surface area contributed by atoms with Crippen molar-refractivity contribution in [1.82, 2.24) is 9.47 Å². The predicted octanol–water partition coefficient (Wildman–Crippen LogP) is 0.863. The summed E-state index contributed by atoms with van der Waals surface area (Å²) < 4.78 is 1.80. The van der Waals surface area contributed by atoms with Crippen LogP contribution in [0.15, 0.2) is 41.2 Å². The molecular formula is C22H20N3O4-. The van der Waals surface area contributed by atoms with E-state index < -0.39 is 5.97 Å². The van der Waals surface area contributed by atoms with E-state index in [0.29, 0.717) is 25.2 Å². The van der Waals surface area contributed by atoms with Crippen molar-refractivity contribution in [1.29, 1.82) is 5.26 Å².